The van der Waals surface area contributed by atoms with Gasteiger partial charge in [-0.25, -0.2) is 19.6 Å². The van der Waals surface area contributed by atoms with Gasteiger partial charge in [-0.1, -0.05) is 99.5 Å². The molecule has 0 saturated carbocycles. The number of rotatable bonds is 13. The third-order valence-electron chi connectivity index (χ3n) is 13.0. The summed E-state index contributed by atoms with van der Waals surface area (Å²) in [6, 6.07) is 19.3. The Morgan fingerprint density at radius 1 is 0.698 bits per heavy atom. The lowest BCUT2D eigenvalue weighted by molar-refractivity contribution is -0.136. The maximum Gasteiger partial charge on any atom is 0.407 e. The Hall–Kier alpha value is -6.70. The van der Waals surface area contributed by atoms with Crippen LogP contribution in [0.25, 0.3) is 44.4 Å². The molecule has 4 amide bonds. The number of nitrogens with zero attached hydrogens (tertiary/aromatic N) is 4. The third-order valence-corrected chi connectivity index (χ3v) is 13.0. The Balaban J connectivity index is 0.938. The lowest BCUT2D eigenvalue weighted by Crippen LogP contribution is -2.52. The number of allylic oxidation sites excluding steroid dienone is 3. The molecule has 14 heteroatoms. The summed E-state index contributed by atoms with van der Waals surface area (Å²) >= 11 is 0. The van der Waals surface area contributed by atoms with Crippen LogP contribution in [0.3, 0.4) is 0 Å². The minimum Gasteiger partial charge on any atom is -0.453 e. The van der Waals surface area contributed by atoms with E-state index in [1.165, 1.54) is 14.2 Å². The number of aromatic amines is 2. The summed E-state index contributed by atoms with van der Waals surface area (Å²) in [5, 5.41) is 7.79. The van der Waals surface area contributed by atoms with Crippen LogP contribution < -0.4 is 10.6 Å². The molecule has 3 aliphatic rings. The summed E-state index contributed by atoms with van der Waals surface area (Å²) in [6.45, 7) is 5.25. The van der Waals surface area contributed by atoms with Crippen LogP contribution in [0.1, 0.15) is 82.5 Å². The number of carbonyl (C=O) groups excluding carboxylic acids is 4. The molecule has 63 heavy (non-hydrogen) atoms. The Morgan fingerprint density at radius 3 is 1.83 bits per heavy atom. The highest BCUT2D eigenvalue weighted by Gasteiger charge is 2.40. The number of aromatic nitrogens is 4. The Bertz CT molecular complexity index is 2500. The van der Waals surface area contributed by atoms with Gasteiger partial charge in [0.2, 0.25) is 11.8 Å². The maximum atomic E-state index is 14.0. The summed E-state index contributed by atoms with van der Waals surface area (Å²) in [4.78, 5) is 72.6. The van der Waals surface area contributed by atoms with Gasteiger partial charge in [-0.3, -0.25) is 9.59 Å². The van der Waals surface area contributed by atoms with Crippen molar-refractivity contribution in [2.75, 3.05) is 27.3 Å². The predicted octanol–water partition coefficient (Wildman–Crippen LogP) is 8.63. The zero-order valence-corrected chi connectivity index (χ0v) is 36.3. The van der Waals surface area contributed by atoms with Crippen molar-refractivity contribution in [1.29, 1.82) is 0 Å². The number of imidazole rings is 2. The lowest BCUT2D eigenvalue weighted by Gasteiger charge is -2.31. The van der Waals surface area contributed by atoms with E-state index in [4.69, 9.17) is 19.4 Å². The molecular formula is C49H56N8O6. The summed E-state index contributed by atoms with van der Waals surface area (Å²) in [5.74, 6) is 1.04. The van der Waals surface area contributed by atoms with Crippen LogP contribution in [-0.4, -0.2) is 93.1 Å². The van der Waals surface area contributed by atoms with E-state index < -0.39 is 24.3 Å². The van der Waals surface area contributed by atoms with Gasteiger partial charge in [-0.2, -0.15) is 0 Å². The monoisotopic (exact) mass is 852 g/mol. The fourth-order valence-electron chi connectivity index (χ4n) is 9.44. The molecular weight excluding hydrogens is 797 g/mol. The van der Waals surface area contributed by atoms with E-state index in [9.17, 15) is 19.2 Å². The van der Waals surface area contributed by atoms with Crippen molar-refractivity contribution in [2.24, 2.45) is 11.8 Å². The number of carbonyl (C=O) groups is 4. The largest absolute Gasteiger partial charge is 0.453 e. The molecule has 3 aromatic carbocycles. The molecule has 14 nitrogen and oxygen atoms in total. The number of amides is 4. The van der Waals surface area contributed by atoms with Gasteiger partial charge in [0.15, 0.2) is 0 Å². The highest BCUT2D eigenvalue weighted by molar-refractivity contribution is 5.91. The van der Waals surface area contributed by atoms with E-state index in [2.05, 4.69) is 81.3 Å². The Morgan fingerprint density at radius 2 is 1.24 bits per heavy atom. The molecule has 5 aromatic rings. The second-order valence-corrected chi connectivity index (χ2v) is 16.6. The number of hydrogen-bond donors (Lipinski definition) is 4. The van der Waals surface area contributed by atoms with Crippen molar-refractivity contribution in [1.82, 2.24) is 40.4 Å². The number of ether oxygens (including phenoxy) is 2. The van der Waals surface area contributed by atoms with Crippen LogP contribution in [0.5, 0.6) is 0 Å². The number of H-pyrrole nitrogens is 2. The standard InChI is InChI=1S/C49H56N8O6/c1-5-30(6-2)42(54-48(60)62-3)46(58)56-24-10-15-41(56)45-51-29-39(53-45)37-23-22-35-26-34(20-21-36(35)27-37)31-16-18-32(19-17-31)38-28-50-44(52-38)40-14-11-25-57(40)47(59)43(55-49(61)63-4)33-12-8-7-9-13-33/h7-9,12,16-23,26-30,33,40-43H,5-6,10-11,13-15,24-25H2,1-4H3,(H,50,52)(H,51,53)(H,54,60)(H,55,61)/t33?,40-,41-,42-,43+/m0/s1. The maximum absolute atomic E-state index is 14.0. The molecule has 2 fully saturated rings. The van der Waals surface area contributed by atoms with E-state index >= 15 is 0 Å². The second kappa shape index (κ2) is 19.1. The van der Waals surface area contributed by atoms with Crippen molar-refractivity contribution in [3.8, 4) is 33.6 Å². The highest BCUT2D eigenvalue weighted by atomic mass is 16.5. The number of fused-ring (bicyclic) bond motifs is 1. The number of likely N-dealkylation sites (tertiary alicyclic amines) is 2. The van der Waals surface area contributed by atoms with Crippen LogP contribution in [0.2, 0.25) is 0 Å². The van der Waals surface area contributed by atoms with Crippen LogP contribution >= 0.6 is 0 Å². The van der Waals surface area contributed by atoms with E-state index in [0.717, 1.165) is 94.6 Å². The third kappa shape index (κ3) is 9.11. The summed E-state index contributed by atoms with van der Waals surface area (Å²) < 4.78 is 9.73. The van der Waals surface area contributed by atoms with Crippen LogP contribution in [0, 0.1) is 11.8 Å². The van der Waals surface area contributed by atoms with E-state index in [1.807, 2.05) is 60.3 Å². The molecule has 2 aromatic heterocycles. The van der Waals surface area contributed by atoms with Crippen molar-refractivity contribution in [3.63, 3.8) is 0 Å². The van der Waals surface area contributed by atoms with E-state index in [-0.39, 0.29) is 35.7 Å². The quantitative estimate of drug-likeness (QED) is 0.0911. The SMILES string of the molecule is CCC(CC)[C@H](NC(=O)OC)C(=O)N1CCC[C@H]1c1ncc(-c2ccc3cc(-c4ccc(-c5cnc([C@@H]6CCCN6C(=O)[C@H](NC(=O)OC)C6C=CC=CC6)[nH]5)cc4)ccc3c2)[nH]1. The van der Waals surface area contributed by atoms with Crippen LogP contribution in [0.15, 0.2) is 97.4 Å². The number of alkyl carbamates (subject to hydrolysis) is 2. The normalized spacial score (nSPS) is 19.3. The zero-order valence-electron chi connectivity index (χ0n) is 36.3. The van der Waals surface area contributed by atoms with Gasteiger partial charge in [0.25, 0.3) is 0 Å². The Kier molecular flexibility index (Phi) is 13.1. The van der Waals surface area contributed by atoms with Gasteiger partial charge in [0, 0.05) is 24.6 Å². The fraction of sp³-hybridized carbons (Fsp3) is 0.388. The first kappa shape index (κ1) is 43.0. The van der Waals surface area contributed by atoms with E-state index in [0.29, 0.717) is 19.5 Å². The fourth-order valence-corrected chi connectivity index (χ4v) is 9.44. The number of nitrogens with one attached hydrogen (secondary N) is 4. The first-order chi connectivity index (χ1) is 30.7. The first-order valence-corrected chi connectivity index (χ1v) is 22.1. The molecule has 328 valence electrons. The molecule has 2 aliphatic heterocycles. The molecule has 1 unspecified atom stereocenters. The molecule has 2 saturated heterocycles. The molecule has 8 rings (SSSR count). The molecule has 4 heterocycles. The van der Waals surface area contributed by atoms with Gasteiger partial charge in [-0.05, 0) is 77.6 Å². The van der Waals surface area contributed by atoms with Gasteiger partial charge in [-0.15, -0.1) is 0 Å². The Labute approximate surface area is 367 Å². The van der Waals surface area contributed by atoms with Crippen molar-refractivity contribution in [3.05, 3.63) is 109 Å². The molecule has 0 bridgehead atoms. The highest BCUT2D eigenvalue weighted by Crippen LogP contribution is 2.36. The molecule has 5 atom stereocenters. The zero-order chi connectivity index (χ0) is 44.0. The number of methoxy groups -OCH3 is 2. The van der Waals surface area contributed by atoms with Gasteiger partial charge < -0.3 is 39.9 Å². The molecule has 1 aliphatic carbocycles. The minimum atomic E-state index is -0.742. The van der Waals surface area contributed by atoms with Gasteiger partial charge >= 0.3 is 12.2 Å². The van der Waals surface area contributed by atoms with Gasteiger partial charge in [0.1, 0.15) is 23.7 Å². The van der Waals surface area contributed by atoms with Crippen LogP contribution in [-0.2, 0) is 19.1 Å². The smallest absolute Gasteiger partial charge is 0.407 e. The lowest BCUT2D eigenvalue weighted by atomic mass is 9.91. The minimum absolute atomic E-state index is 0.00499. The van der Waals surface area contributed by atoms with Crippen molar-refractivity contribution < 1.29 is 28.7 Å². The van der Waals surface area contributed by atoms with Crippen molar-refractivity contribution in [2.45, 2.75) is 83.0 Å². The van der Waals surface area contributed by atoms with E-state index in [1.54, 1.807) is 0 Å². The molecule has 0 radical (unpaired) electrons. The number of benzene rings is 3. The molecule has 4 N–H and O–H groups in total. The predicted molar refractivity (Wildman–Crippen MR) is 241 cm³/mol. The molecule has 0 spiro atoms. The van der Waals surface area contributed by atoms with Crippen molar-refractivity contribution >= 4 is 34.8 Å². The van der Waals surface area contributed by atoms with Gasteiger partial charge in [0.05, 0.1) is 50.1 Å². The topological polar surface area (TPSA) is 175 Å². The average molecular weight is 853 g/mol. The summed E-state index contributed by atoms with van der Waals surface area (Å²) in [7, 11) is 2.62. The first-order valence-electron chi connectivity index (χ1n) is 22.1. The number of hydrogen-bond acceptors (Lipinski definition) is 8. The summed E-state index contributed by atoms with van der Waals surface area (Å²) in [6.07, 6.45) is 15.7. The average Bonchev–Trinajstić information content (AvgIpc) is 4.18. The van der Waals surface area contributed by atoms with Crippen LogP contribution in [0.4, 0.5) is 9.59 Å². The summed E-state index contributed by atoms with van der Waals surface area (Å²) in [5.41, 5.74) is 5.89. The second-order valence-electron chi connectivity index (χ2n) is 16.6.